The fourth-order valence-corrected chi connectivity index (χ4v) is 3.54. The van der Waals surface area contributed by atoms with Crippen LogP contribution in [0.4, 0.5) is 19.1 Å². The zero-order valence-electron chi connectivity index (χ0n) is 13.5. The molecular weight excluding hydrogens is 319 g/mol. The van der Waals surface area contributed by atoms with Gasteiger partial charge in [0.2, 0.25) is 0 Å². The average Bonchev–Trinajstić information content (AvgIpc) is 2.53. The molecule has 0 unspecified atom stereocenters. The second-order valence-corrected chi connectivity index (χ2v) is 6.51. The van der Waals surface area contributed by atoms with E-state index < -0.39 is 12.1 Å². The first kappa shape index (κ1) is 16.9. The number of rotatable bonds is 2. The van der Waals surface area contributed by atoms with Crippen molar-refractivity contribution in [2.24, 2.45) is 5.92 Å². The van der Waals surface area contributed by atoms with Crippen LogP contribution in [0.15, 0.2) is 27.4 Å². The molecule has 0 aromatic rings. The highest BCUT2D eigenvalue weighted by Gasteiger charge is 2.41. The summed E-state index contributed by atoms with van der Waals surface area (Å²) in [4.78, 5) is 12.4. The van der Waals surface area contributed by atoms with Crippen molar-refractivity contribution in [3.63, 3.8) is 0 Å². The number of aryl methyl sites for hydroxylation is 1. The van der Waals surface area contributed by atoms with Crippen LogP contribution >= 0.6 is 0 Å². The molecule has 2 N–H and O–H groups in total. The van der Waals surface area contributed by atoms with Crippen molar-refractivity contribution in [2.45, 2.75) is 51.1 Å². The van der Waals surface area contributed by atoms with Crippen LogP contribution in [0.1, 0.15) is 49.7 Å². The van der Waals surface area contributed by atoms with Gasteiger partial charge in [0.05, 0.1) is 11.5 Å². The molecule has 6 heteroatoms. The van der Waals surface area contributed by atoms with Crippen molar-refractivity contribution in [1.82, 2.24) is 0 Å². The number of benzene rings is 1. The average molecular weight is 339 g/mol. The smallest absolute Gasteiger partial charge is 0.391 e. The van der Waals surface area contributed by atoms with Crippen molar-refractivity contribution >= 4 is 5.88 Å². The van der Waals surface area contributed by atoms with Crippen LogP contribution in [0, 0.1) is 5.92 Å². The van der Waals surface area contributed by atoms with E-state index in [0.29, 0.717) is 30.6 Å². The van der Waals surface area contributed by atoms with Crippen LogP contribution in [-0.4, -0.2) is 6.18 Å². The van der Waals surface area contributed by atoms with Crippen LogP contribution in [0.3, 0.4) is 0 Å². The first-order valence-corrected chi connectivity index (χ1v) is 8.22. The number of fused-ring (bicyclic) bond motifs is 1. The molecule has 0 atom stereocenters. The fourth-order valence-electron chi connectivity index (χ4n) is 3.54. The Morgan fingerprint density at radius 2 is 1.83 bits per heavy atom. The maximum Gasteiger partial charge on any atom is 0.391 e. The van der Waals surface area contributed by atoms with Gasteiger partial charge in [-0.1, -0.05) is 6.92 Å². The number of anilines is 1. The van der Waals surface area contributed by atoms with E-state index in [1.54, 1.807) is 12.1 Å². The molecule has 3 rings (SSSR count). The molecule has 0 bridgehead atoms. The van der Waals surface area contributed by atoms with Gasteiger partial charge in [0.25, 0.3) is 0 Å². The molecule has 0 amide bonds. The summed E-state index contributed by atoms with van der Waals surface area (Å²) in [6.45, 7) is 1.92. The van der Waals surface area contributed by atoms with E-state index in [-0.39, 0.29) is 30.1 Å². The molecule has 0 saturated heterocycles. The molecule has 24 heavy (non-hydrogen) atoms. The zero-order chi connectivity index (χ0) is 17.5. The van der Waals surface area contributed by atoms with E-state index >= 15 is 0 Å². The number of hydrogen-bond acceptors (Lipinski definition) is 3. The molecule has 0 aromatic carbocycles. The minimum atomic E-state index is -4.13. The third-order valence-corrected chi connectivity index (χ3v) is 5.02. The molecule has 130 valence electrons. The Bertz CT molecular complexity index is 758. The summed E-state index contributed by atoms with van der Waals surface area (Å²) in [6.07, 6.45) is -2.40. The minimum absolute atomic E-state index is 0.0389. The Morgan fingerprint density at radius 3 is 2.42 bits per heavy atom. The predicted octanol–water partition coefficient (Wildman–Crippen LogP) is 4.73. The van der Waals surface area contributed by atoms with Gasteiger partial charge in [0, 0.05) is 5.56 Å². The normalized spacial score (nSPS) is 22.0. The molecular formula is C18H20F3NO2. The van der Waals surface area contributed by atoms with Gasteiger partial charge in [-0.2, -0.15) is 13.2 Å². The first-order valence-electron chi connectivity index (χ1n) is 8.22. The summed E-state index contributed by atoms with van der Waals surface area (Å²) < 4.78 is 43.9. The van der Waals surface area contributed by atoms with Crippen LogP contribution in [-0.2, 0) is 6.42 Å². The molecule has 1 fully saturated rings. The molecule has 1 heterocycles. The van der Waals surface area contributed by atoms with Crippen LogP contribution in [0.25, 0.3) is 11.3 Å². The Kier molecular flexibility index (Phi) is 4.32. The quantitative estimate of drug-likeness (QED) is 0.861. The predicted molar refractivity (Wildman–Crippen MR) is 86.1 cm³/mol. The highest BCUT2D eigenvalue weighted by molar-refractivity contribution is 5.64. The molecule has 0 aromatic heterocycles. The second-order valence-electron chi connectivity index (χ2n) is 6.51. The zero-order valence-corrected chi connectivity index (χ0v) is 13.5. The molecule has 3 aliphatic rings. The third kappa shape index (κ3) is 3.14. The van der Waals surface area contributed by atoms with Gasteiger partial charge in [-0.05, 0) is 61.8 Å². The van der Waals surface area contributed by atoms with Gasteiger partial charge in [-0.15, -0.1) is 0 Å². The second kappa shape index (κ2) is 6.15. The van der Waals surface area contributed by atoms with Gasteiger partial charge in [-0.3, -0.25) is 4.79 Å². The summed E-state index contributed by atoms with van der Waals surface area (Å²) in [5, 5.41) is 0. The lowest BCUT2D eigenvalue weighted by atomic mass is 9.78. The van der Waals surface area contributed by atoms with E-state index in [1.165, 1.54) is 6.07 Å². The van der Waals surface area contributed by atoms with Gasteiger partial charge in [0.15, 0.2) is 11.3 Å². The van der Waals surface area contributed by atoms with Crippen LogP contribution in [0.5, 0.6) is 0 Å². The fraction of sp³-hybridized carbons (Fsp3) is 0.500. The monoisotopic (exact) mass is 339 g/mol. The van der Waals surface area contributed by atoms with Crippen molar-refractivity contribution in [3.05, 3.63) is 39.5 Å². The van der Waals surface area contributed by atoms with Crippen molar-refractivity contribution in [3.8, 4) is 11.3 Å². The highest BCUT2D eigenvalue weighted by Crippen LogP contribution is 2.43. The Labute approximate surface area is 138 Å². The number of nitrogen functional groups attached to an aromatic ring is 1. The Morgan fingerprint density at radius 1 is 1.17 bits per heavy atom. The van der Waals surface area contributed by atoms with E-state index in [2.05, 4.69) is 0 Å². The number of alkyl halides is 3. The topological polar surface area (TPSA) is 56.2 Å². The van der Waals surface area contributed by atoms with Gasteiger partial charge >= 0.3 is 6.18 Å². The molecule has 1 saturated carbocycles. The first-order chi connectivity index (χ1) is 11.3. The molecule has 2 aliphatic carbocycles. The summed E-state index contributed by atoms with van der Waals surface area (Å²) in [5.41, 5.74) is 7.67. The largest absolute Gasteiger partial charge is 0.441 e. The maximum absolute atomic E-state index is 12.8. The minimum Gasteiger partial charge on any atom is -0.441 e. The molecule has 0 spiro atoms. The number of nitrogens with two attached hydrogens (primary N) is 1. The van der Waals surface area contributed by atoms with Crippen LogP contribution < -0.4 is 11.2 Å². The molecule has 0 radical (unpaired) electrons. The lowest BCUT2D eigenvalue weighted by Crippen LogP contribution is -2.27. The number of hydrogen-bond donors (Lipinski definition) is 1. The SMILES string of the molecule is CCc1cc2c(=O)cc(C3CCC(C(F)(F)F)CC3)cc-2oc1N. The Balaban J connectivity index is 1.90. The summed E-state index contributed by atoms with van der Waals surface area (Å²) in [5.74, 6) is -0.580. The molecule has 1 aliphatic heterocycles. The maximum atomic E-state index is 12.8. The summed E-state index contributed by atoms with van der Waals surface area (Å²) in [7, 11) is 0. The lowest BCUT2D eigenvalue weighted by Gasteiger charge is -2.30. The van der Waals surface area contributed by atoms with Gasteiger partial charge < -0.3 is 10.2 Å². The van der Waals surface area contributed by atoms with Gasteiger partial charge in [-0.25, -0.2) is 0 Å². The molecule has 3 nitrogen and oxygen atoms in total. The van der Waals surface area contributed by atoms with E-state index in [9.17, 15) is 18.0 Å². The van der Waals surface area contributed by atoms with Crippen molar-refractivity contribution in [1.29, 1.82) is 0 Å². The standard InChI is InChI=1S/C18H20F3NO2/c1-2-10-7-14-15(23)8-12(9-16(14)24-17(10)22)11-3-5-13(6-4-11)18(19,20)21/h7-9,11,13H,2-6,22H2,1H3. The Hall–Kier alpha value is -1.98. The number of halogens is 3. The summed E-state index contributed by atoms with van der Waals surface area (Å²) in [6, 6.07) is 5.03. The van der Waals surface area contributed by atoms with E-state index in [0.717, 1.165) is 11.1 Å². The van der Waals surface area contributed by atoms with Crippen molar-refractivity contribution < 1.29 is 17.6 Å². The summed E-state index contributed by atoms with van der Waals surface area (Å²) >= 11 is 0. The highest BCUT2D eigenvalue weighted by atomic mass is 19.4. The van der Waals surface area contributed by atoms with Gasteiger partial charge in [0.1, 0.15) is 5.76 Å². The van der Waals surface area contributed by atoms with E-state index in [1.807, 2.05) is 6.92 Å². The van der Waals surface area contributed by atoms with Crippen molar-refractivity contribution in [2.75, 3.05) is 5.73 Å². The third-order valence-electron chi connectivity index (χ3n) is 5.02. The van der Waals surface area contributed by atoms with Crippen LogP contribution in [0.2, 0.25) is 0 Å². The van der Waals surface area contributed by atoms with E-state index in [4.69, 9.17) is 10.2 Å². The lowest BCUT2D eigenvalue weighted by molar-refractivity contribution is -0.182.